The Balaban J connectivity index is 2.41. The summed E-state index contributed by atoms with van der Waals surface area (Å²) in [5.41, 5.74) is 0.989. The van der Waals surface area contributed by atoms with Gasteiger partial charge in [-0.2, -0.15) is 0 Å². The van der Waals surface area contributed by atoms with Crippen molar-refractivity contribution in [2.75, 3.05) is 0 Å². The molecule has 0 bridgehead atoms. The summed E-state index contributed by atoms with van der Waals surface area (Å²) in [5, 5.41) is -0.209. The molecule has 0 aliphatic carbocycles. The number of alkyl halides is 1. The van der Waals surface area contributed by atoms with E-state index in [-0.39, 0.29) is 5.38 Å². The monoisotopic (exact) mass is 369 g/mol. The van der Waals surface area contributed by atoms with Gasteiger partial charge in [-0.3, -0.25) is 0 Å². The molecule has 2 aromatic rings. The van der Waals surface area contributed by atoms with E-state index in [1.165, 1.54) is 0 Å². The second kappa shape index (κ2) is 4.57. The third kappa shape index (κ3) is 2.46. The Morgan fingerprint density at radius 3 is 2.73 bits per heavy atom. The highest BCUT2D eigenvalue weighted by atomic mass is 79.9. The number of thiophene rings is 1. The van der Waals surface area contributed by atoms with Crippen LogP contribution in [0.3, 0.4) is 0 Å². The Hall–Kier alpha value is 0.160. The zero-order valence-corrected chi connectivity index (χ0v) is 12.4. The van der Waals surface area contributed by atoms with Crippen LogP contribution < -0.4 is 0 Å². The van der Waals surface area contributed by atoms with Gasteiger partial charge in [-0.25, -0.2) is 4.98 Å². The zero-order chi connectivity index (χ0) is 11.0. The van der Waals surface area contributed by atoms with Crippen molar-refractivity contribution in [3.63, 3.8) is 0 Å². The SMILES string of the molecule is CC(Cl)c1ncc(-c2cc(Br)sc2Br)o1. The van der Waals surface area contributed by atoms with Crippen LogP contribution in [0.5, 0.6) is 0 Å². The Kier molecular flexibility index (Phi) is 3.55. The van der Waals surface area contributed by atoms with E-state index in [2.05, 4.69) is 36.8 Å². The predicted molar refractivity (Wildman–Crippen MR) is 69.5 cm³/mol. The van der Waals surface area contributed by atoms with E-state index in [1.54, 1.807) is 17.5 Å². The molecule has 0 saturated carbocycles. The van der Waals surface area contributed by atoms with Crippen LogP contribution in [-0.2, 0) is 0 Å². The van der Waals surface area contributed by atoms with Gasteiger partial charge in [0.15, 0.2) is 5.76 Å². The average molecular weight is 371 g/mol. The van der Waals surface area contributed by atoms with Gasteiger partial charge in [-0.1, -0.05) is 0 Å². The average Bonchev–Trinajstić information content (AvgIpc) is 2.71. The van der Waals surface area contributed by atoms with Crippen LogP contribution in [0, 0.1) is 0 Å². The topological polar surface area (TPSA) is 26.0 Å². The maximum Gasteiger partial charge on any atom is 0.212 e. The van der Waals surface area contributed by atoms with E-state index in [0.717, 1.165) is 18.9 Å². The van der Waals surface area contributed by atoms with Gasteiger partial charge >= 0.3 is 0 Å². The van der Waals surface area contributed by atoms with E-state index < -0.39 is 0 Å². The lowest BCUT2D eigenvalue weighted by molar-refractivity contribution is 0.508. The molecule has 6 heteroatoms. The van der Waals surface area contributed by atoms with Crippen LogP contribution in [0.25, 0.3) is 11.3 Å². The molecule has 0 aliphatic rings. The number of halogens is 3. The van der Waals surface area contributed by atoms with Crippen LogP contribution >= 0.6 is 54.8 Å². The van der Waals surface area contributed by atoms with Crippen molar-refractivity contribution in [2.45, 2.75) is 12.3 Å². The molecular formula is C9H6Br2ClNOS. The lowest BCUT2D eigenvalue weighted by Crippen LogP contribution is -1.80. The summed E-state index contributed by atoms with van der Waals surface area (Å²) in [5.74, 6) is 1.27. The van der Waals surface area contributed by atoms with Crippen LogP contribution in [0.1, 0.15) is 18.2 Å². The first-order valence-electron chi connectivity index (χ1n) is 4.13. The second-order valence-electron chi connectivity index (χ2n) is 2.92. The Morgan fingerprint density at radius 1 is 1.53 bits per heavy atom. The first-order valence-corrected chi connectivity index (χ1v) is 6.97. The lowest BCUT2D eigenvalue weighted by Gasteiger charge is -1.94. The normalized spacial score (nSPS) is 13.1. The van der Waals surface area contributed by atoms with Gasteiger partial charge in [0.2, 0.25) is 5.89 Å². The first kappa shape index (κ1) is 11.6. The molecular weight excluding hydrogens is 365 g/mol. The van der Waals surface area contributed by atoms with Crippen LogP contribution in [0.15, 0.2) is 24.3 Å². The minimum absolute atomic E-state index is 0.209. The molecule has 80 valence electrons. The molecule has 0 aliphatic heterocycles. The van der Waals surface area contributed by atoms with E-state index in [4.69, 9.17) is 16.0 Å². The molecule has 1 unspecified atom stereocenters. The zero-order valence-electron chi connectivity index (χ0n) is 7.63. The van der Waals surface area contributed by atoms with E-state index in [0.29, 0.717) is 5.89 Å². The fourth-order valence-electron chi connectivity index (χ4n) is 1.10. The van der Waals surface area contributed by atoms with Gasteiger partial charge in [0.05, 0.1) is 13.8 Å². The fourth-order valence-corrected chi connectivity index (χ4v) is 4.02. The van der Waals surface area contributed by atoms with Gasteiger partial charge in [-0.15, -0.1) is 22.9 Å². The molecule has 0 radical (unpaired) electrons. The van der Waals surface area contributed by atoms with Crippen molar-refractivity contribution in [3.8, 4) is 11.3 Å². The Labute approximate surface area is 113 Å². The van der Waals surface area contributed by atoms with Crippen molar-refractivity contribution in [1.82, 2.24) is 4.98 Å². The molecule has 2 heterocycles. The highest BCUT2D eigenvalue weighted by molar-refractivity contribution is 9.12. The van der Waals surface area contributed by atoms with Gasteiger partial charge in [-0.05, 0) is 44.8 Å². The molecule has 0 saturated heterocycles. The minimum atomic E-state index is -0.209. The molecule has 0 fully saturated rings. The van der Waals surface area contributed by atoms with Crippen molar-refractivity contribution in [2.24, 2.45) is 0 Å². The van der Waals surface area contributed by atoms with Gasteiger partial charge < -0.3 is 4.42 Å². The summed E-state index contributed by atoms with van der Waals surface area (Å²) < 4.78 is 7.59. The van der Waals surface area contributed by atoms with Crippen molar-refractivity contribution < 1.29 is 4.42 Å². The summed E-state index contributed by atoms with van der Waals surface area (Å²) in [4.78, 5) is 4.11. The largest absolute Gasteiger partial charge is 0.439 e. The Bertz CT molecular complexity index is 480. The first-order chi connectivity index (χ1) is 7.08. The fraction of sp³-hybridized carbons (Fsp3) is 0.222. The van der Waals surface area contributed by atoms with Crippen molar-refractivity contribution in [1.29, 1.82) is 0 Å². The molecule has 0 aromatic carbocycles. The number of hydrogen-bond acceptors (Lipinski definition) is 3. The third-order valence-electron chi connectivity index (χ3n) is 1.79. The number of nitrogens with zero attached hydrogens (tertiary/aromatic N) is 1. The van der Waals surface area contributed by atoms with Gasteiger partial charge in [0.25, 0.3) is 0 Å². The molecule has 2 rings (SSSR count). The quantitative estimate of drug-likeness (QED) is 0.676. The van der Waals surface area contributed by atoms with Crippen molar-refractivity contribution in [3.05, 3.63) is 25.7 Å². The smallest absolute Gasteiger partial charge is 0.212 e. The summed E-state index contributed by atoms with van der Waals surface area (Å²) in [6, 6.07) is 1.98. The summed E-state index contributed by atoms with van der Waals surface area (Å²) in [7, 11) is 0. The number of aromatic nitrogens is 1. The van der Waals surface area contributed by atoms with Crippen LogP contribution in [0.4, 0.5) is 0 Å². The van der Waals surface area contributed by atoms with E-state index in [1.807, 2.05) is 13.0 Å². The van der Waals surface area contributed by atoms with Gasteiger partial charge in [0.1, 0.15) is 5.38 Å². The molecule has 0 spiro atoms. The Morgan fingerprint density at radius 2 is 2.27 bits per heavy atom. The summed E-state index contributed by atoms with van der Waals surface area (Å²) >= 11 is 14.4. The van der Waals surface area contributed by atoms with Crippen molar-refractivity contribution >= 4 is 54.8 Å². The highest BCUT2D eigenvalue weighted by Crippen LogP contribution is 2.39. The molecule has 1 atom stereocenters. The standard InChI is InChI=1S/C9H6Br2ClNOS/c1-4(12)9-13-3-6(14-9)5-2-7(10)15-8(5)11/h2-4H,1H3. The lowest BCUT2D eigenvalue weighted by atomic mass is 10.3. The molecule has 2 nitrogen and oxygen atoms in total. The van der Waals surface area contributed by atoms with E-state index in [9.17, 15) is 0 Å². The summed E-state index contributed by atoms with van der Waals surface area (Å²) in [6.07, 6.45) is 1.69. The minimum Gasteiger partial charge on any atom is -0.439 e. The van der Waals surface area contributed by atoms with Crippen LogP contribution in [-0.4, -0.2) is 4.98 Å². The number of hydrogen-bond donors (Lipinski definition) is 0. The molecule has 0 N–H and O–H groups in total. The maximum atomic E-state index is 5.87. The number of oxazole rings is 1. The van der Waals surface area contributed by atoms with E-state index >= 15 is 0 Å². The second-order valence-corrected chi connectivity index (χ2v) is 7.32. The predicted octanol–water partition coefficient (Wildman–Crippen LogP) is 5.23. The van der Waals surface area contributed by atoms with Gasteiger partial charge in [0, 0.05) is 5.56 Å². The molecule has 0 amide bonds. The highest BCUT2D eigenvalue weighted by Gasteiger charge is 2.14. The maximum absolute atomic E-state index is 5.87. The molecule has 15 heavy (non-hydrogen) atoms. The number of rotatable bonds is 2. The molecule has 2 aromatic heterocycles. The summed E-state index contributed by atoms with van der Waals surface area (Å²) in [6.45, 7) is 1.83. The third-order valence-corrected chi connectivity index (χ3v) is 4.31. The van der Waals surface area contributed by atoms with Crippen LogP contribution in [0.2, 0.25) is 0 Å².